The highest BCUT2D eigenvalue weighted by atomic mass is 35.5. The first-order valence-corrected chi connectivity index (χ1v) is 4.29. The van der Waals surface area contributed by atoms with Gasteiger partial charge in [0.05, 0.1) is 17.7 Å². The minimum absolute atomic E-state index is 0.0439. The molecule has 1 aromatic heterocycles. The maximum absolute atomic E-state index is 11.3. The van der Waals surface area contributed by atoms with Crippen molar-refractivity contribution in [2.45, 2.75) is 6.92 Å². The molecule has 0 bridgehead atoms. The molecule has 1 aromatic rings. The van der Waals surface area contributed by atoms with Crippen LogP contribution in [-0.4, -0.2) is 17.6 Å². The third kappa shape index (κ3) is 2.21. The Balaban J connectivity index is 3.07. The number of carbonyl (C=O) groups is 1. The van der Waals surface area contributed by atoms with Gasteiger partial charge in [0.2, 0.25) is 0 Å². The summed E-state index contributed by atoms with van der Waals surface area (Å²) in [7, 11) is 0. The van der Waals surface area contributed by atoms with Crippen LogP contribution in [0.1, 0.15) is 22.8 Å². The molecule has 0 aromatic carbocycles. The highest BCUT2D eigenvalue weighted by Crippen LogP contribution is 2.14. The minimum atomic E-state index is -0.568. The fourth-order valence-corrected chi connectivity index (χ4v) is 1.04. The van der Waals surface area contributed by atoms with E-state index in [4.69, 9.17) is 21.6 Å². The summed E-state index contributed by atoms with van der Waals surface area (Å²) in [5, 5.41) is 8.62. The maximum Gasteiger partial charge on any atom is 0.341 e. The number of aromatic nitrogens is 1. The molecule has 1 heterocycles. The number of rotatable bonds is 2. The van der Waals surface area contributed by atoms with Crippen LogP contribution in [0.3, 0.4) is 0 Å². The summed E-state index contributed by atoms with van der Waals surface area (Å²) in [4.78, 5) is 15.0. The molecular weight excluding hydrogens is 204 g/mol. The molecule has 0 saturated carbocycles. The molecule has 0 fully saturated rings. The Morgan fingerprint density at radius 2 is 2.50 bits per heavy atom. The second-order valence-corrected chi connectivity index (χ2v) is 2.75. The van der Waals surface area contributed by atoms with E-state index in [1.165, 1.54) is 12.3 Å². The molecule has 0 unspecified atom stereocenters. The van der Waals surface area contributed by atoms with Crippen LogP contribution in [0.15, 0.2) is 12.3 Å². The van der Waals surface area contributed by atoms with E-state index in [0.717, 1.165) is 0 Å². The van der Waals surface area contributed by atoms with Crippen molar-refractivity contribution >= 4 is 17.6 Å². The van der Waals surface area contributed by atoms with Crippen LogP contribution in [0, 0.1) is 11.3 Å². The van der Waals surface area contributed by atoms with Crippen LogP contribution < -0.4 is 0 Å². The lowest BCUT2D eigenvalue weighted by atomic mass is 10.2. The largest absolute Gasteiger partial charge is 0.462 e. The first-order chi connectivity index (χ1) is 6.69. The molecule has 0 amide bonds. The summed E-state index contributed by atoms with van der Waals surface area (Å²) in [5.74, 6) is -0.568. The first-order valence-electron chi connectivity index (χ1n) is 3.91. The number of nitriles is 1. The summed E-state index contributed by atoms with van der Waals surface area (Å²) in [5.41, 5.74) is 0.394. The second kappa shape index (κ2) is 4.58. The number of esters is 1. The highest BCUT2D eigenvalue weighted by molar-refractivity contribution is 6.32. The SMILES string of the molecule is CCOC(=O)c1cc(C#N)cnc1Cl. The lowest BCUT2D eigenvalue weighted by Crippen LogP contribution is -2.06. The number of hydrogen-bond acceptors (Lipinski definition) is 4. The minimum Gasteiger partial charge on any atom is -0.462 e. The summed E-state index contributed by atoms with van der Waals surface area (Å²) in [6.45, 7) is 1.94. The molecular formula is C9H7ClN2O2. The van der Waals surface area contributed by atoms with Crippen LogP contribution in [0.2, 0.25) is 5.15 Å². The van der Waals surface area contributed by atoms with Gasteiger partial charge in [0.1, 0.15) is 11.2 Å². The number of hydrogen-bond donors (Lipinski definition) is 0. The van der Waals surface area contributed by atoms with E-state index in [-0.39, 0.29) is 22.9 Å². The number of halogens is 1. The zero-order valence-electron chi connectivity index (χ0n) is 7.45. The molecule has 0 saturated heterocycles. The van der Waals surface area contributed by atoms with Gasteiger partial charge in [-0.05, 0) is 13.0 Å². The molecule has 0 radical (unpaired) electrons. The van der Waals surface area contributed by atoms with Crippen LogP contribution in [0.5, 0.6) is 0 Å². The molecule has 0 aliphatic heterocycles. The van der Waals surface area contributed by atoms with Gasteiger partial charge in [-0.25, -0.2) is 9.78 Å². The molecule has 72 valence electrons. The fourth-order valence-electron chi connectivity index (χ4n) is 0.861. The monoisotopic (exact) mass is 210 g/mol. The predicted octanol–water partition coefficient (Wildman–Crippen LogP) is 1.78. The van der Waals surface area contributed by atoms with E-state index in [9.17, 15) is 4.79 Å². The average Bonchev–Trinajstić information content (AvgIpc) is 2.19. The number of pyridine rings is 1. The molecule has 5 heteroatoms. The van der Waals surface area contributed by atoms with E-state index >= 15 is 0 Å². The lowest BCUT2D eigenvalue weighted by Gasteiger charge is -2.02. The van der Waals surface area contributed by atoms with Crippen molar-refractivity contribution < 1.29 is 9.53 Å². The first kappa shape index (κ1) is 10.5. The Bertz CT molecular complexity index is 398. The second-order valence-electron chi connectivity index (χ2n) is 2.39. The van der Waals surface area contributed by atoms with Gasteiger partial charge < -0.3 is 4.74 Å². The van der Waals surface area contributed by atoms with Crippen molar-refractivity contribution in [2.24, 2.45) is 0 Å². The zero-order valence-corrected chi connectivity index (χ0v) is 8.21. The van der Waals surface area contributed by atoms with Crippen LogP contribution in [0.25, 0.3) is 0 Å². The highest BCUT2D eigenvalue weighted by Gasteiger charge is 2.13. The van der Waals surface area contributed by atoms with Crippen LogP contribution in [0.4, 0.5) is 0 Å². The van der Waals surface area contributed by atoms with Crippen molar-refractivity contribution in [2.75, 3.05) is 6.61 Å². The van der Waals surface area contributed by atoms with Crippen molar-refractivity contribution in [1.82, 2.24) is 4.98 Å². The summed E-state index contributed by atoms with van der Waals surface area (Å²) >= 11 is 5.66. The topological polar surface area (TPSA) is 63.0 Å². The molecule has 14 heavy (non-hydrogen) atoms. The van der Waals surface area contributed by atoms with E-state index in [0.29, 0.717) is 0 Å². The normalized spacial score (nSPS) is 9.21. The van der Waals surface area contributed by atoms with E-state index in [1.807, 2.05) is 6.07 Å². The van der Waals surface area contributed by atoms with Gasteiger partial charge in [-0.1, -0.05) is 11.6 Å². The van der Waals surface area contributed by atoms with Gasteiger partial charge in [-0.3, -0.25) is 0 Å². The molecule has 4 nitrogen and oxygen atoms in total. The van der Waals surface area contributed by atoms with E-state index < -0.39 is 5.97 Å². The van der Waals surface area contributed by atoms with Crippen LogP contribution >= 0.6 is 11.6 Å². The predicted molar refractivity (Wildman–Crippen MR) is 49.9 cm³/mol. The molecule has 0 N–H and O–H groups in total. The van der Waals surface area contributed by atoms with Crippen LogP contribution in [-0.2, 0) is 4.74 Å². The third-order valence-corrected chi connectivity index (χ3v) is 1.76. The van der Waals surface area contributed by atoms with Crippen molar-refractivity contribution in [3.63, 3.8) is 0 Å². The molecule has 0 aliphatic rings. The van der Waals surface area contributed by atoms with Gasteiger partial charge >= 0.3 is 5.97 Å². The number of carbonyl (C=O) groups excluding carboxylic acids is 1. The number of nitrogens with zero attached hydrogens (tertiary/aromatic N) is 2. The van der Waals surface area contributed by atoms with Gasteiger partial charge in [0, 0.05) is 6.20 Å². The van der Waals surface area contributed by atoms with E-state index in [1.54, 1.807) is 6.92 Å². The van der Waals surface area contributed by atoms with Gasteiger partial charge in [0.15, 0.2) is 0 Å². The quantitative estimate of drug-likeness (QED) is 0.551. The molecule has 1 rings (SSSR count). The molecule has 0 spiro atoms. The average molecular weight is 211 g/mol. The summed E-state index contributed by atoms with van der Waals surface area (Å²) in [6, 6.07) is 3.22. The Hall–Kier alpha value is -1.60. The summed E-state index contributed by atoms with van der Waals surface area (Å²) < 4.78 is 4.74. The molecule has 0 aliphatic carbocycles. The Morgan fingerprint density at radius 1 is 1.79 bits per heavy atom. The van der Waals surface area contributed by atoms with E-state index in [2.05, 4.69) is 4.98 Å². The zero-order chi connectivity index (χ0) is 10.6. The van der Waals surface area contributed by atoms with Crippen molar-refractivity contribution in [3.05, 3.63) is 28.5 Å². The number of ether oxygens (including phenoxy) is 1. The fraction of sp³-hybridized carbons (Fsp3) is 0.222. The van der Waals surface area contributed by atoms with Gasteiger partial charge in [0.25, 0.3) is 0 Å². The third-order valence-electron chi connectivity index (χ3n) is 1.46. The Labute approximate surface area is 86.1 Å². The standard InChI is InChI=1S/C9H7ClN2O2/c1-2-14-9(13)7-3-6(4-11)5-12-8(7)10/h3,5H,2H2,1H3. The van der Waals surface area contributed by atoms with Crippen molar-refractivity contribution in [3.8, 4) is 6.07 Å². The Morgan fingerprint density at radius 3 is 3.07 bits per heavy atom. The van der Waals surface area contributed by atoms with Gasteiger partial charge in [-0.2, -0.15) is 5.26 Å². The molecule has 0 atom stereocenters. The summed E-state index contributed by atoms with van der Waals surface area (Å²) in [6.07, 6.45) is 1.30. The lowest BCUT2D eigenvalue weighted by molar-refractivity contribution is 0.0526. The van der Waals surface area contributed by atoms with Crippen molar-refractivity contribution in [1.29, 1.82) is 5.26 Å². The maximum atomic E-state index is 11.3. The smallest absolute Gasteiger partial charge is 0.341 e. The van der Waals surface area contributed by atoms with Gasteiger partial charge in [-0.15, -0.1) is 0 Å². The Kier molecular flexibility index (Phi) is 3.43.